The van der Waals surface area contributed by atoms with Gasteiger partial charge in [-0.2, -0.15) is 0 Å². The fourth-order valence-electron chi connectivity index (χ4n) is 2.85. The fourth-order valence-corrected chi connectivity index (χ4v) is 2.85. The Morgan fingerprint density at radius 1 is 1.45 bits per heavy atom. The maximum Gasteiger partial charge on any atom is 0.224 e. The molecule has 0 bridgehead atoms. The van der Waals surface area contributed by atoms with Gasteiger partial charge in [0.1, 0.15) is 0 Å². The minimum absolute atomic E-state index is 0.155. The molecule has 1 unspecified atom stereocenters. The first-order chi connectivity index (χ1) is 9.75. The topological polar surface area (TPSA) is 51.0 Å². The van der Waals surface area contributed by atoms with Gasteiger partial charge in [0, 0.05) is 19.7 Å². The van der Waals surface area contributed by atoms with Crippen molar-refractivity contribution < 1.29 is 4.79 Å². The van der Waals surface area contributed by atoms with E-state index in [1.165, 1.54) is 11.1 Å². The van der Waals surface area contributed by atoms with Gasteiger partial charge in [-0.3, -0.25) is 9.48 Å². The largest absolute Gasteiger partial charge is 0.339 e. The van der Waals surface area contributed by atoms with Crippen molar-refractivity contribution in [1.82, 2.24) is 19.9 Å². The Hall–Kier alpha value is -2.17. The molecule has 20 heavy (non-hydrogen) atoms. The van der Waals surface area contributed by atoms with E-state index in [0.29, 0.717) is 13.0 Å². The summed E-state index contributed by atoms with van der Waals surface area (Å²) in [6, 6.07) is 8.62. The predicted molar refractivity (Wildman–Crippen MR) is 74.9 cm³/mol. The van der Waals surface area contributed by atoms with Gasteiger partial charge in [0.15, 0.2) is 0 Å². The highest BCUT2D eigenvalue weighted by Gasteiger charge is 2.27. The highest BCUT2D eigenvalue weighted by Crippen LogP contribution is 2.34. The van der Waals surface area contributed by atoms with Crippen LogP contribution in [0.4, 0.5) is 0 Å². The molecule has 5 heteroatoms. The van der Waals surface area contributed by atoms with Crippen LogP contribution in [-0.2, 0) is 17.8 Å². The van der Waals surface area contributed by atoms with E-state index in [-0.39, 0.29) is 11.9 Å². The first-order valence-corrected chi connectivity index (χ1v) is 6.93. The maximum absolute atomic E-state index is 12.3. The Morgan fingerprint density at radius 3 is 3.10 bits per heavy atom. The van der Waals surface area contributed by atoms with Gasteiger partial charge in [-0.25, -0.2) is 0 Å². The number of hydrogen-bond donors (Lipinski definition) is 0. The first kappa shape index (κ1) is 12.8. The van der Waals surface area contributed by atoms with Gasteiger partial charge in [0.05, 0.1) is 18.8 Å². The lowest BCUT2D eigenvalue weighted by Gasteiger charge is -2.25. The summed E-state index contributed by atoms with van der Waals surface area (Å²) in [5.41, 5.74) is 2.66. The van der Waals surface area contributed by atoms with Crippen LogP contribution in [0.15, 0.2) is 36.7 Å². The quantitative estimate of drug-likeness (QED) is 0.851. The molecule has 1 aromatic carbocycles. The summed E-state index contributed by atoms with van der Waals surface area (Å²) in [6.45, 7) is 0.581. The maximum atomic E-state index is 12.3. The second kappa shape index (κ2) is 5.45. The molecule has 1 aromatic heterocycles. The molecule has 0 radical (unpaired) electrons. The van der Waals surface area contributed by atoms with Gasteiger partial charge < -0.3 is 4.90 Å². The Morgan fingerprint density at radius 2 is 2.30 bits per heavy atom. The normalized spacial score (nSPS) is 16.9. The molecular formula is C15H18N4O. The minimum atomic E-state index is 0.155. The summed E-state index contributed by atoms with van der Waals surface area (Å²) in [6.07, 6.45) is 5.94. The molecule has 1 heterocycles. The number of hydrogen-bond acceptors (Lipinski definition) is 3. The van der Waals surface area contributed by atoms with Crippen molar-refractivity contribution in [1.29, 1.82) is 0 Å². The minimum Gasteiger partial charge on any atom is -0.339 e. The third-order valence-corrected chi connectivity index (χ3v) is 3.99. The SMILES string of the molecule is CN(C(=O)CCn1ccnn1)C1CCc2ccccc21. The van der Waals surface area contributed by atoms with Crippen LogP contribution < -0.4 is 0 Å². The molecule has 1 aliphatic rings. The highest BCUT2D eigenvalue weighted by atomic mass is 16.2. The van der Waals surface area contributed by atoms with Gasteiger partial charge in [-0.05, 0) is 24.0 Å². The van der Waals surface area contributed by atoms with Gasteiger partial charge >= 0.3 is 0 Å². The van der Waals surface area contributed by atoms with E-state index in [1.54, 1.807) is 17.1 Å². The standard InChI is InChI=1S/C15H18N4O/c1-18(15(20)8-10-19-11-9-16-17-19)14-7-6-12-4-2-3-5-13(12)14/h2-5,9,11,14H,6-8,10H2,1H3. The molecule has 3 rings (SSSR count). The second-order valence-electron chi connectivity index (χ2n) is 5.17. The lowest BCUT2D eigenvalue weighted by Crippen LogP contribution is -2.30. The van der Waals surface area contributed by atoms with Gasteiger partial charge in [-0.1, -0.05) is 29.5 Å². The third-order valence-electron chi connectivity index (χ3n) is 3.99. The van der Waals surface area contributed by atoms with Crippen LogP contribution in [0.25, 0.3) is 0 Å². The van der Waals surface area contributed by atoms with E-state index in [4.69, 9.17) is 0 Å². The molecule has 104 valence electrons. The van der Waals surface area contributed by atoms with Gasteiger partial charge in [0.25, 0.3) is 0 Å². The first-order valence-electron chi connectivity index (χ1n) is 6.93. The number of rotatable bonds is 4. The zero-order valence-corrected chi connectivity index (χ0v) is 11.6. The third kappa shape index (κ3) is 2.43. The van der Waals surface area contributed by atoms with Crippen molar-refractivity contribution >= 4 is 5.91 Å². The second-order valence-corrected chi connectivity index (χ2v) is 5.17. The smallest absolute Gasteiger partial charge is 0.224 e. The van der Waals surface area contributed by atoms with Crippen LogP contribution >= 0.6 is 0 Å². The molecule has 0 spiro atoms. The summed E-state index contributed by atoms with van der Waals surface area (Å²) in [4.78, 5) is 14.2. The number of fused-ring (bicyclic) bond motifs is 1. The summed E-state index contributed by atoms with van der Waals surface area (Å²) < 4.78 is 1.69. The number of aromatic nitrogens is 3. The lowest BCUT2D eigenvalue weighted by molar-refractivity contribution is -0.132. The van der Waals surface area contributed by atoms with Gasteiger partial charge in [-0.15, -0.1) is 5.10 Å². The molecule has 0 saturated heterocycles. The average molecular weight is 270 g/mol. The summed E-state index contributed by atoms with van der Waals surface area (Å²) in [7, 11) is 1.90. The number of carbonyl (C=O) groups excluding carboxylic acids is 1. The number of carbonyl (C=O) groups is 1. The molecule has 0 N–H and O–H groups in total. The molecule has 0 saturated carbocycles. The molecule has 1 aliphatic carbocycles. The molecule has 1 amide bonds. The summed E-state index contributed by atoms with van der Waals surface area (Å²) in [5, 5.41) is 7.62. The van der Waals surface area contributed by atoms with E-state index in [1.807, 2.05) is 18.0 Å². The van der Waals surface area contributed by atoms with E-state index in [0.717, 1.165) is 12.8 Å². The van der Waals surface area contributed by atoms with Crippen molar-refractivity contribution in [3.63, 3.8) is 0 Å². The van der Waals surface area contributed by atoms with Crippen LogP contribution in [0, 0.1) is 0 Å². The Kier molecular flexibility index (Phi) is 3.50. The summed E-state index contributed by atoms with van der Waals surface area (Å²) in [5.74, 6) is 0.155. The molecular weight excluding hydrogens is 252 g/mol. The molecule has 0 fully saturated rings. The molecule has 2 aromatic rings. The van der Waals surface area contributed by atoms with E-state index < -0.39 is 0 Å². The average Bonchev–Trinajstić information content (AvgIpc) is 3.13. The highest BCUT2D eigenvalue weighted by molar-refractivity contribution is 5.76. The van der Waals surface area contributed by atoms with Crippen LogP contribution in [0.3, 0.4) is 0 Å². The van der Waals surface area contributed by atoms with Crippen molar-refractivity contribution in [2.75, 3.05) is 7.05 Å². The van der Waals surface area contributed by atoms with Gasteiger partial charge in [0.2, 0.25) is 5.91 Å². The van der Waals surface area contributed by atoms with Crippen molar-refractivity contribution in [3.8, 4) is 0 Å². The lowest BCUT2D eigenvalue weighted by atomic mass is 10.1. The van der Waals surface area contributed by atoms with Crippen LogP contribution in [0.1, 0.15) is 30.0 Å². The van der Waals surface area contributed by atoms with Crippen LogP contribution in [-0.4, -0.2) is 32.8 Å². The molecule has 5 nitrogen and oxygen atoms in total. The Labute approximate surface area is 118 Å². The predicted octanol–water partition coefficient (Wildman–Crippen LogP) is 1.81. The number of aryl methyl sites for hydroxylation is 2. The monoisotopic (exact) mass is 270 g/mol. The number of benzene rings is 1. The van der Waals surface area contributed by atoms with Crippen molar-refractivity contribution in [2.45, 2.75) is 31.8 Å². The van der Waals surface area contributed by atoms with Crippen molar-refractivity contribution in [2.24, 2.45) is 0 Å². The Bertz CT molecular complexity index is 594. The molecule has 1 atom stereocenters. The summed E-state index contributed by atoms with van der Waals surface area (Å²) >= 11 is 0. The van der Waals surface area contributed by atoms with Crippen LogP contribution in [0.5, 0.6) is 0 Å². The number of nitrogens with zero attached hydrogens (tertiary/aromatic N) is 4. The van der Waals surface area contributed by atoms with E-state index >= 15 is 0 Å². The molecule has 0 aliphatic heterocycles. The zero-order valence-electron chi connectivity index (χ0n) is 11.6. The van der Waals surface area contributed by atoms with Crippen LogP contribution in [0.2, 0.25) is 0 Å². The van der Waals surface area contributed by atoms with Crippen molar-refractivity contribution in [3.05, 3.63) is 47.8 Å². The zero-order chi connectivity index (χ0) is 13.9. The van der Waals surface area contributed by atoms with E-state index in [2.05, 4.69) is 28.5 Å². The Balaban J connectivity index is 1.64. The van der Waals surface area contributed by atoms with E-state index in [9.17, 15) is 4.79 Å². The fraction of sp³-hybridized carbons (Fsp3) is 0.400. The number of amides is 1.